The van der Waals surface area contributed by atoms with E-state index in [9.17, 15) is 0 Å². The van der Waals surface area contributed by atoms with Crippen molar-refractivity contribution < 1.29 is 19.7 Å². The molecule has 0 heterocycles. The van der Waals surface area contributed by atoms with Gasteiger partial charge >= 0.3 is 0 Å². The molecule has 0 aromatic carbocycles. The minimum Gasteiger partial charge on any atom is -0.394 e. The molecule has 0 rings (SSSR count). The van der Waals surface area contributed by atoms with Crippen molar-refractivity contribution in [1.29, 1.82) is 0 Å². The summed E-state index contributed by atoms with van der Waals surface area (Å²) in [4.78, 5) is 0. The van der Waals surface area contributed by atoms with E-state index in [2.05, 4.69) is 6.92 Å². The number of rotatable bonds is 14. The molecule has 4 nitrogen and oxygen atoms in total. The Hall–Kier alpha value is -0.160. The zero-order valence-electron chi connectivity index (χ0n) is 11.8. The lowest BCUT2D eigenvalue weighted by Crippen LogP contribution is -2.21. The molecule has 0 bridgehead atoms. The zero-order chi connectivity index (χ0) is 13.5. The second kappa shape index (κ2) is 14.9. The summed E-state index contributed by atoms with van der Waals surface area (Å²) in [5, 5.41) is 17.4. The average Bonchev–Trinajstić information content (AvgIpc) is 2.40. The molecule has 0 saturated heterocycles. The maximum Gasteiger partial charge on any atom is 0.157 e. The molecule has 0 aromatic heterocycles. The molecule has 0 fully saturated rings. The number of aliphatic hydroxyl groups excluding tert-OH is 2. The predicted octanol–water partition coefficient (Wildman–Crippen LogP) is 2.47. The first-order chi connectivity index (χ1) is 8.85. The van der Waals surface area contributed by atoms with Gasteiger partial charge in [0.25, 0.3) is 0 Å². The zero-order valence-corrected chi connectivity index (χ0v) is 11.8. The van der Waals surface area contributed by atoms with Crippen molar-refractivity contribution >= 4 is 0 Å². The van der Waals surface area contributed by atoms with E-state index < -0.39 is 0 Å². The van der Waals surface area contributed by atoms with Crippen LogP contribution in [0.4, 0.5) is 0 Å². The SMILES string of the molecule is CCCCCCCCCC(OCCO)OCCO. The van der Waals surface area contributed by atoms with Crippen LogP contribution in [0.2, 0.25) is 0 Å². The Bertz CT molecular complexity index is 145. The van der Waals surface area contributed by atoms with Gasteiger partial charge in [-0.2, -0.15) is 0 Å². The summed E-state index contributed by atoms with van der Waals surface area (Å²) in [6, 6.07) is 0. The van der Waals surface area contributed by atoms with Crippen LogP contribution in [0.25, 0.3) is 0 Å². The third-order valence-electron chi connectivity index (χ3n) is 2.83. The lowest BCUT2D eigenvalue weighted by molar-refractivity contribution is -0.156. The van der Waals surface area contributed by atoms with Crippen LogP contribution >= 0.6 is 0 Å². The highest BCUT2D eigenvalue weighted by Gasteiger charge is 2.08. The first-order valence-corrected chi connectivity index (χ1v) is 7.30. The normalized spacial score (nSPS) is 11.3. The van der Waals surface area contributed by atoms with Gasteiger partial charge in [0.2, 0.25) is 0 Å². The minimum absolute atomic E-state index is 0.00992. The van der Waals surface area contributed by atoms with Gasteiger partial charge in [-0.05, 0) is 12.8 Å². The molecule has 0 aromatic rings. The first-order valence-electron chi connectivity index (χ1n) is 7.30. The molecule has 110 valence electrons. The minimum atomic E-state index is -0.278. The van der Waals surface area contributed by atoms with Gasteiger partial charge in [0.05, 0.1) is 26.4 Å². The van der Waals surface area contributed by atoms with Crippen LogP contribution in [-0.2, 0) is 9.47 Å². The predicted molar refractivity (Wildman–Crippen MR) is 72.5 cm³/mol. The lowest BCUT2D eigenvalue weighted by atomic mass is 10.1. The summed E-state index contributed by atoms with van der Waals surface area (Å²) in [6.07, 6.45) is 9.38. The maximum absolute atomic E-state index is 8.70. The number of hydrogen-bond acceptors (Lipinski definition) is 4. The van der Waals surface area contributed by atoms with Gasteiger partial charge in [-0.1, -0.05) is 45.4 Å². The second-order valence-electron chi connectivity index (χ2n) is 4.53. The Morgan fingerprint density at radius 2 is 1.28 bits per heavy atom. The summed E-state index contributed by atoms with van der Waals surface area (Å²) in [7, 11) is 0. The molecule has 0 saturated carbocycles. The first kappa shape index (κ1) is 17.8. The van der Waals surface area contributed by atoms with Crippen molar-refractivity contribution in [3.05, 3.63) is 0 Å². The van der Waals surface area contributed by atoms with E-state index in [0.717, 1.165) is 12.8 Å². The van der Waals surface area contributed by atoms with E-state index in [1.54, 1.807) is 0 Å². The Morgan fingerprint density at radius 1 is 0.778 bits per heavy atom. The van der Waals surface area contributed by atoms with Crippen LogP contribution in [0.5, 0.6) is 0 Å². The summed E-state index contributed by atoms with van der Waals surface area (Å²) in [5.74, 6) is 0. The Morgan fingerprint density at radius 3 is 1.78 bits per heavy atom. The van der Waals surface area contributed by atoms with E-state index in [1.165, 1.54) is 38.5 Å². The number of aliphatic hydroxyl groups is 2. The van der Waals surface area contributed by atoms with Gasteiger partial charge in [0, 0.05) is 0 Å². The molecule has 0 radical (unpaired) electrons. The van der Waals surface area contributed by atoms with E-state index in [4.69, 9.17) is 19.7 Å². The molecule has 2 N–H and O–H groups in total. The third-order valence-corrected chi connectivity index (χ3v) is 2.83. The molecule has 0 atom stereocenters. The highest BCUT2D eigenvalue weighted by Crippen LogP contribution is 2.11. The molecule has 4 heteroatoms. The van der Waals surface area contributed by atoms with Gasteiger partial charge in [-0.15, -0.1) is 0 Å². The topological polar surface area (TPSA) is 58.9 Å². The quantitative estimate of drug-likeness (QED) is 0.373. The Labute approximate surface area is 111 Å². The van der Waals surface area contributed by atoms with Crippen molar-refractivity contribution in [1.82, 2.24) is 0 Å². The molecule has 18 heavy (non-hydrogen) atoms. The fourth-order valence-electron chi connectivity index (χ4n) is 1.85. The summed E-state index contributed by atoms with van der Waals surface area (Å²) >= 11 is 0. The highest BCUT2D eigenvalue weighted by molar-refractivity contribution is 4.50. The summed E-state index contributed by atoms with van der Waals surface area (Å²) in [5.41, 5.74) is 0. The molecule has 0 unspecified atom stereocenters. The average molecular weight is 262 g/mol. The van der Waals surface area contributed by atoms with Crippen molar-refractivity contribution in [3.63, 3.8) is 0 Å². The number of hydrogen-bond donors (Lipinski definition) is 2. The van der Waals surface area contributed by atoms with Crippen LogP contribution in [0.3, 0.4) is 0 Å². The van der Waals surface area contributed by atoms with Gasteiger partial charge in [0.15, 0.2) is 6.29 Å². The van der Waals surface area contributed by atoms with Gasteiger partial charge in [0.1, 0.15) is 0 Å². The van der Waals surface area contributed by atoms with Crippen molar-refractivity contribution in [2.24, 2.45) is 0 Å². The van der Waals surface area contributed by atoms with Crippen LogP contribution in [0.15, 0.2) is 0 Å². The molecule has 0 spiro atoms. The van der Waals surface area contributed by atoms with Gasteiger partial charge in [-0.25, -0.2) is 0 Å². The Balaban J connectivity index is 3.43. The number of ether oxygens (including phenoxy) is 2. The monoisotopic (exact) mass is 262 g/mol. The lowest BCUT2D eigenvalue weighted by Gasteiger charge is -2.17. The number of unbranched alkanes of at least 4 members (excludes halogenated alkanes) is 6. The molecular weight excluding hydrogens is 232 g/mol. The fourth-order valence-corrected chi connectivity index (χ4v) is 1.85. The van der Waals surface area contributed by atoms with Crippen LogP contribution < -0.4 is 0 Å². The summed E-state index contributed by atoms with van der Waals surface area (Å²) in [6.45, 7) is 2.84. The molecule has 0 aliphatic rings. The van der Waals surface area contributed by atoms with Gasteiger partial charge < -0.3 is 19.7 Å². The van der Waals surface area contributed by atoms with Crippen molar-refractivity contribution in [2.45, 2.75) is 64.6 Å². The van der Waals surface area contributed by atoms with Crippen LogP contribution in [0.1, 0.15) is 58.3 Å². The fraction of sp³-hybridized carbons (Fsp3) is 1.00. The van der Waals surface area contributed by atoms with E-state index in [-0.39, 0.29) is 19.5 Å². The largest absolute Gasteiger partial charge is 0.394 e. The van der Waals surface area contributed by atoms with Crippen LogP contribution in [-0.4, -0.2) is 42.9 Å². The van der Waals surface area contributed by atoms with Crippen molar-refractivity contribution in [2.75, 3.05) is 26.4 Å². The highest BCUT2D eigenvalue weighted by atomic mass is 16.7. The Kier molecular flexibility index (Phi) is 14.8. The smallest absolute Gasteiger partial charge is 0.157 e. The summed E-state index contributed by atoms with van der Waals surface area (Å²) < 4.78 is 10.7. The third kappa shape index (κ3) is 12.3. The van der Waals surface area contributed by atoms with Crippen LogP contribution in [0, 0.1) is 0 Å². The van der Waals surface area contributed by atoms with E-state index >= 15 is 0 Å². The van der Waals surface area contributed by atoms with Gasteiger partial charge in [-0.3, -0.25) is 0 Å². The molecule has 0 aliphatic carbocycles. The van der Waals surface area contributed by atoms with E-state index in [0.29, 0.717) is 13.2 Å². The molecular formula is C14H30O4. The molecule has 0 amide bonds. The maximum atomic E-state index is 8.70. The second-order valence-corrected chi connectivity index (χ2v) is 4.53. The standard InChI is InChI=1S/C14H30O4/c1-2-3-4-5-6-7-8-9-14(17-12-10-15)18-13-11-16/h14-16H,2-13H2,1H3. The van der Waals surface area contributed by atoms with Crippen molar-refractivity contribution in [3.8, 4) is 0 Å². The van der Waals surface area contributed by atoms with E-state index in [1.807, 2.05) is 0 Å². The molecule has 0 aliphatic heterocycles.